The number of ether oxygens (including phenoxy) is 2. The van der Waals surface area contributed by atoms with Gasteiger partial charge in [-0.05, 0) is 30.0 Å². The minimum Gasteiger partial charge on any atom is -0.497 e. The SMILES string of the molecule is C=C/C=C(\C=C/N)c1nc2nc(N/N=C/c3cccc(OC)c3)cc(N3CCOCC3)n2n1. The van der Waals surface area contributed by atoms with E-state index in [9.17, 15) is 0 Å². The number of hydrogen-bond acceptors (Lipinski definition) is 9. The highest BCUT2D eigenvalue weighted by Gasteiger charge is 2.19. The van der Waals surface area contributed by atoms with Gasteiger partial charge in [0.15, 0.2) is 11.6 Å². The average Bonchev–Trinajstić information content (AvgIpc) is 3.28. The second-order valence-corrected chi connectivity index (χ2v) is 7.11. The number of fused-ring (bicyclic) bond motifs is 1. The lowest BCUT2D eigenvalue weighted by Crippen LogP contribution is -2.37. The zero-order valence-electron chi connectivity index (χ0n) is 18.4. The van der Waals surface area contributed by atoms with Crippen molar-refractivity contribution in [3.63, 3.8) is 0 Å². The molecule has 10 nitrogen and oxygen atoms in total. The number of nitrogens with two attached hydrogens (primary N) is 1. The van der Waals surface area contributed by atoms with Crippen LogP contribution in [-0.4, -0.2) is 59.2 Å². The van der Waals surface area contributed by atoms with E-state index in [1.54, 1.807) is 36.1 Å². The van der Waals surface area contributed by atoms with E-state index in [1.165, 1.54) is 6.20 Å². The minimum atomic E-state index is 0.438. The molecule has 3 aromatic rings. The number of hydrazone groups is 1. The van der Waals surface area contributed by atoms with Crippen LogP contribution in [-0.2, 0) is 4.74 Å². The Kier molecular flexibility index (Phi) is 6.96. The maximum Gasteiger partial charge on any atom is 0.256 e. The normalized spacial score (nSPS) is 14.9. The van der Waals surface area contributed by atoms with Gasteiger partial charge in [-0.1, -0.05) is 30.9 Å². The van der Waals surface area contributed by atoms with E-state index in [0.717, 1.165) is 35.8 Å². The van der Waals surface area contributed by atoms with Crippen molar-refractivity contribution in [2.75, 3.05) is 43.7 Å². The van der Waals surface area contributed by atoms with Gasteiger partial charge in [0.2, 0.25) is 0 Å². The molecule has 2 aromatic heterocycles. The number of aromatic nitrogens is 4. The van der Waals surface area contributed by atoms with Crippen LogP contribution in [0.2, 0.25) is 0 Å². The van der Waals surface area contributed by atoms with E-state index in [-0.39, 0.29) is 0 Å². The van der Waals surface area contributed by atoms with Crippen molar-refractivity contribution in [1.29, 1.82) is 0 Å². The van der Waals surface area contributed by atoms with Crippen molar-refractivity contribution >= 4 is 29.2 Å². The Morgan fingerprint density at radius 2 is 2.12 bits per heavy atom. The van der Waals surface area contributed by atoms with Crippen LogP contribution in [0.4, 0.5) is 11.6 Å². The van der Waals surface area contributed by atoms with Crippen LogP contribution in [0.5, 0.6) is 5.75 Å². The fourth-order valence-electron chi connectivity index (χ4n) is 3.38. The molecule has 0 saturated carbocycles. The predicted molar refractivity (Wildman–Crippen MR) is 130 cm³/mol. The second-order valence-electron chi connectivity index (χ2n) is 7.11. The molecule has 1 fully saturated rings. The van der Waals surface area contributed by atoms with Crippen molar-refractivity contribution < 1.29 is 9.47 Å². The monoisotopic (exact) mass is 446 g/mol. The molecule has 0 bridgehead atoms. The number of morpholine rings is 1. The molecular formula is C23H26N8O2. The molecule has 4 rings (SSSR count). The number of benzene rings is 1. The van der Waals surface area contributed by atoms with Crippen molar-refractivity contribution in [3.8, 4) is 5.75 Å². The van der Waals surface area contributed by atoms with Crippen LogP contribution in [0.1, 0.15) is 11.4 Å². The Balaban J connectivity index is 1.69. The number of nitrogens with zero attached hydrogens (tertiary/aromatic N) is 6. The van der Waals surface area contributed by atoms with Gasteiger partial charge in [-0.3, -0.25) is 5.43 Å². The number of anilines is 2. The standard InChI is InChI=1S/C23H26N8O2/c1-3-5-18(8-9-24)22-27-23-26-20(28-25-16-17-6-4-7-19(14-17)32-2)15-21(31(23)29-22)30-10-12-33-13-11-30/h3-9,14-16H,1,10-13,24H2,2H3,(H,26,27,28,29)/b9-8-,18-5+,25-16+. The van der Waals surface area contributed by atoms with Gasteiger partial charge in [0.05, 0.1) is 26.5 Å². The zero-order valence-corrected chi connectivity index (χ0v) is 18.4. The summed E-state index contributed by atoms with van der Waals surface area (Å²) in [6.45, 7) is 6.50. The summed E-state index contributed by atoms with van der Waals surface area (Å²) in [6.07, 6.45) is 8.33. The lowest BCUT2D eigenvalue weighted by Gasteiger charge is -2.28. The van der Waals surface area contributed by atoms with E-state index >= 15 is 0 Å². The molecule has 0 spiro atoms. The molecule has 1 aliphatic rings. The molecular weight excluding hydrogens is 420 g/mol. The van der Waals surface area contributed by atoms with E-state index in [2.05, 4.69) is 37.1 Å². The maximum atomic E-state index is 5.59. The summed E-state index contributed by atoms with van der Waals surface area (Å²) in [5, 5.41) is 9.01. The summed E-state index contributed by atoms with van der Waals surface area (Å²) < 4.78 is 12.5. The Morgan fingerprint density at radius 3 is 2.88 bits per heavy atom. The summed E-state index contributed by atoms with van der Waals surface area (Å²) in [7, 11) is 1.63. The Morgan fingerprint density at radius 1 is 1.27 bits per heavy atom. The van der Waals surface area contributed by atoms with E-state index < -0.39 is 0 Å². The van der Waals surface area contributed by atoms with Crippen molar-refractivity contribution in [1.82, 2.24) is 19.6 Å². The quantitative estimate of drug-likeness (QED) is 0.308. The van der Waals surface area contributed by atoms with Gasteiger partial charge in [-0.15, -0.1) is 5.10 Å². The number of methoxy groups -OCH3 is 1. The van der Waals surface area contributed by atoms with Crippen LogP contribution in [0, 0.1) is 0 Å². The van der Waals surface area contributed by atoms with Crippen molar-refractivity contribution in [3.05, 3.63) is 72.7 Å². The Hall–Kier alpha value is -4.18. The van der Waals surface area contributed by atoms with Crippen LogP contribution >= 0.6 is 0 Å². The van der Waals surface area contributed by atoms with Crippen LogP contribution in [0.3, 0.4) is 0 Å². The first-order chi connectivity index (χ1) is 16.2. The summed E-state index contributed by atoms with van der Waals surface area (Å²) in [4.78, 5) is 11.4. The van der Waals surface area contributed by atoms with Gasteiger partial charge in [-0.25, -0.2) is 0 Å². The first-order valence-corrected chi connectivity index (χ1v) is 10.5. The summed E-state index contributed by atoms with van der Waals surface area (Å²) >= 11 is 0. The molecule has 10 heteroatoms. The molecule has 1 saturated heterocycles. The highest BCUT2D eigenvalue weighted by atomic mass is 16.5. The molecule has 0 aliphatic carbocycles. The van der Waals surface area contributed by atoms with Crippen LogP contribution in [0.25, 0.3) is 11.4 Å². The second kappa shape index (κ2) is 10.4. The average molecular weight is 447 g/mol. The van der Waals surface area contributed by atoms with E-state index in [0.29, 0.717) is 30.6 Å². The van der Waals surface area contributed by atoms with Gasteiger partial charge in [0, 0.05) is 24.7 Å². The summed E-state index contributed by atoms with van der Waals surface area (Å²) in [5.41, 5.74) is 10.2. The smallest absolute Gasteiger partial charge is 0.256 e. The number of nitrogens with one attached hydrogen (secondary N) is 1. The molecule has 1 aromatic carbocycles. The Bertz CT molecular complexity index is 1210. The minimum absolute atomic E-state index is 0.438. The van der Waals surface area contributed by atoms with Gasteiger partial charge >= 0.3 is 0 Å². The topological polar surface area (TPSA) is 115 Å². The molecule has 170 valence electrons. The third-order valence-corrected chi connectivity index (χ3v) is 4.95. The lowest BCUT2D eigenvalue weighted by molar-refractivity contribution is 0.122. The zero-order chi connectivity index (χ0) is 23.0. The van der Waals surface area contributed by atoms with Crippen molar-refractivity contribution in [2.24, 2.45) is 10.8 Å². The highest BCUT2D eigenvalue weighted by molar-refractivity contribution is 5.80. The molecule has 1 aliphatic heterocycles. The van der Waals surface area contributed by atoms with E-state index in [4.69, 9.17) is 15.2 Å². The fourth-order valence-corrected chi connectivity index (χ4v) is 3.38. The number of hydrogen-bond donors (Lipinski definition) is 2. The third-order valence-electron chi connectivity index (χ3n) is 4.95. The largest absolute Gasteiger partial charge is 0.497 e. The number of allylic oxidation sites excluding steroid dienone is 4. The highest BCUT2D eigenvalue weighted by Crippen LogP contribution is 2.23. The molecule has 0 unspecified atom stereocenters. The Labute approximate surface area is 191 Å². The third kappa shape index (κ3) is 5.18. The number of rotatable bonds is 8. The molecule has 0 radical (unpaired) electrons. The summed E-state index contributed by atoms with van der Waals surface area (Å²) in [6, 6.07) is 9.52. The van der Waals surface area contributed by atoms with Gasteiger partial charge in [-0.2, -0.15) is 19.6 Å². The molecule has 0 amide bonds. The predicted octanol–water partition coefficient (Wildman–Crippen LogP) is 2.46. The van der Waals surface area contributed by atoms with E-state index in [1.807, 2.05) is 30.3 Å². The molecule has 3 N–H and O–H groups in total. The summed E-state index contributed by atoms with van der Waals surface area (Å²) in [5.74, 6) is 3.09. The van der Waals surface area contributed by atoms with Gasteiger partial charge < -0.3 is 20.1 Å². The first-order valence-electron chi connectivity index (χ1n) is 10.5. The molecule has 3 heterocycles. The van der Waals surface area contributed by atoms with Crippen molar-refractivity contribution in [2.45, 2.75) is 0 Å². The van der Waals surface area contributed by atoms with Crippen LogP contribution < -0.4 is 20.8 Å². The molecule has 0 atom stereocenters. The molecule has 33 heavy (non-hydrogen) atoms. The van der Waals surface area contributed by atoms with Gasteiger partial charge in [0.1, 0.15) is 11.6 Å². The lowest BCUT2D eigenvalue weighted by atomic mass is 10.2. The van der Waals surface area contributed by atoms with Crippen LogP contribution in [0.15, 0.2) is 66.4 Å². The first kappa shape index (κ1) is 22.0. The fraction of sp³-hybridized carbons (Fsp3) is 0.217. The van der Waals surface area contributed by atoms with Gasteiger partial charge in [0.25, 0.3) is 5.78 Å². The maximum absolute atomic E-state index is 5.59.